The van der Waals surface area contributed by atoms with Crippen molar-refractivity contribution < 1.29 is 14.6 Å². The fourth-order valence-electron chi connectivity index (χ4n) is 2.74. The van der Waals surface area contributed by atoms with Crippen LogP contribution in [0.4, 0.5) is 5.82 Å². The Balaban J connectivity index is 1.92. The van der Waals surface area contributed by atoms with E-state index in [-0.39, 0.29) is 6.61 Å². The minimum Gasteiger partial charge on any atom is -0.479 e. The largest absolute Gasteiger partial charge is 0.479 e. The molecule has 2 N–H and O–H groups in total. The Morgan fingerprint density at radius 3 is 2.95 bits per heavy atom. The van der Waals surface area contributed by atoms with Crippen molar-refractivity contribution in [1.29, 1.82) is 0 Å². The summed E-state index contributed by atoms with van der Waals surface area (Å²) in [6.45, 7) is 0.647. The number of carboxylic acid groups (broad SMARTS) is 1. The normalized spacial score (nSPS) is 25.9. The van der Waals surface area contributed by atoms with E-state index >= 15 is 0 Å². The number of aromatic nitrogens is 2. The first-order chi connectivity index (χ1) is 9.21. The Morgan fingerprint density at radius 2 is 2.21 bits per heavy atom. The van der Waals surface area contributed by atoms with Crippen molar-refractivity contribution in [3.05, 3.63) is 17.6 Å². The fourth-order valence-corrected chi connectivity index (χ4v) is 2.74. The molecule has 1 aliphatic heterocycles. The number of rotatable bonds is 3. The van der Waals surface area contributed by atoms with Gasteiger partial charge in [-0.1, -0.05) is 0 Å². The van der Waals surface area contributed by atoms with Gasteiger partial charge in [-0.3, -0.25) is 0 Å². The number of hydrogen-bond donors (Lipinski definition) is 2. The average Bonchev–Trinajstić information content (AvgIpc) is 2.89. The number of hydrogen-bond acceptors (Lipinski definition) is 5. The lowest BCUT2D eigenvalue weighted by molar-refractivity contribution is -0.142. The summed E-state index contributed by atoms with van der Waals surface area (Å²) in [5.41, 5.74) is 1.07. The van der Waals surface area contributed by atoms with Crippen LogP contribution in [0.1, 0.15) is 30.5 Å². The smallest absolute Gasteiger partial charge is 0.331 e. The molecular formula is C13H17N3O3. The van der Waals surface area contributed by atoms with Crippen LogP contribution in [0.5, 0.6) is 0 Å². The second-order valence-electron chi connectivity index (χ2n) is 5.17. The molecule has 19 heavy (non-hydrogen) atoms. The maximum atomic E-state index is 11.5. The van der Waals surface area contributed by atoms with Crippen LogP contribution < -0.4 is 5.32 Å². The Labute approximate surface area is 111 Å². The summed E-state index contributed by atoms with van der Waals surface area (Å²) in [7, 11) is 0. The highest BCUT2D eigenvalue weighted by Gasteiger charge is 2.43. The predicted octanol–water partition coefficient (Wildman–Crippen LogP) is 1.01. The zero-order chi connectivity index (χ0) is 13.3. The van der Waals surface area contributed by atoms with Crippen LogP contribution in [0, 0.1) is 0 Å². The molecule has 1 fully saturated rings. The molecule has 0 bridgehead atoms. The zero-order valence-corrected chi connectivity index (χ0v) is 10.7. The van der Waals surface area contributed by atoms with E-state index in [1.807, 2.05) is 0 Å². The molecule has 0 aromatic carbocycles. The van der Waals surface area contributed by atoms with E-state index < -0.39 is 11.5 Å². The number of carboxylic acids is 1. The van der Waals surface area contributed by atoms with Gasteiger partial charge in [-0.15, -0.1) is 0 Å². The van der Waals surface area contributed by atoms with Crippen LogP contribution in [0.15, 0.2) is 6.33 Å². The summed E-state index contributed by atoms with van der Waals surface area (Å²) >= 11 is 0. The summed E-state index contributed by atoms with van der Waals surface area (Å²) in [5, 5.41) is 12.5. The molecule has 2 heterocycles. The van der Waals surface area contributed by atoms with Crippen molar-refractivity contribution in [1.82, 2.24) is 9.97 Å². The second-order valence-corrected chi connectivity index (χ2v) is 5.17. The molecule has 3 rings (SSSR count). The van der Waals surface area contributed by atoms with Crippen molar-refractivity contribution in [2.75, 3.05) is 18.5 Å². The van der Waals surface area contributed by atoms with E-state index in [4.69, 9.17) is 4.74 Å². The zero-order valence-electron chi connectivity index (χ0n) is 10.7. The quantitative estimate of drug-likeness (QED) is 0.846. The van der Waals surface area contributed by atoms with Gasteiger partial charge in [-0.2, -0.15) is 0 Å². The van der Waals surface area contributed by atoms with Crippen molar-refractivity contribution >= 4 is 11.8 Å². The summed E-state index contributed by atoms with van der Waals surface area (Å²) in [6, 6.07) is 0. The van der Waals surface area contributed by atoms with Gasteiger partial charge in [0.25, 0.3) is 0 Å². The Bertz CT molecular complexity index is 498. The lowest BCUT2D eigenvalue weighted by Gasteiger charge is -2.27. The highest BCUT2D eigenvalue weighted by molar-refractivity contribution is 5.83. The molecule has 1 atom stereocenters. The number of carbonyl (C=O) groups is 1. The van der Waals surface area contributed by atoms with Gasteiger partial charge in [0.05, 0.1) is 6.61 Å². The highest BCUT2D eigenvalue weighted by Crippen LogP contribution is 2.29. The second kappa shape index (κ2) is 4.77. The van der Waals surface area contributed by atoms with E-state index in [2.05, 4.69) is 15.3 Å². The molecule has 1 aromatic heterocycles. The average molecular weight is 263 g/mol. The van der Waals surface area contributed by atoms with Crippen molar-refractivity contribution in [3.63, 3.8) is 0 Å². The van der Waals surface area contributed by atoms with Crippen LogP contribution >= 0.6 is 0 Å². The Hall–Kier alpha value is -1.69. The lowest BCUT2D eigenvalue weighted by Crippen LogP contribution is -2.47. The van der Waals surface area contributed by atoms with E-state index in [0.29, 0.717) is 18.8 Å². The molecule has 102 valence electrons. The topological polar surface area (TPSA) is 84.3 Å². The number of nitrogens with one attached hydrogen (secondary N) is 1. The molecule has 0 radical (unpaired) electrons. The van der Waals surface area contributed by atoms with E-state index in [1.165, 1.54) is 6.33 Å². The van der Waals surface area contributed by atoms with Gasteiger partial charge in [0, 0.05) is 24.3 Å². The number of anilines is 1. The highest BCUT2D eigenvalue weighted by atomic mass is 16.5. The number of fused-ring (bicyclic) bond motifs is 1. The number of nitrogens with zero attached hydrogens (tertiary/aromatic N) is 2. The molecule has 1 saturated heterocycles. The molecule has 1 aromatic rings. The summed E-state index contributed by atoms with van der Waals surface area (Å²) in [4.78, 5) is 20.0. The van der Waals surface area contributed by atoms with E-state index in [1.54, 1.807) is 0 Å². The van der Waals surface area contributed by atoms with Crippen LogP contribution in [-0.2, 0) is 22.4 Å². The minimum absolute atomic E-state index is 0.182. The van der Waals surface area contributed by atoms with Crippen molar-refractivity contribution in [2.45, 2.75) is 37.6 Å². The predicted molar refractivity (Wildman–Crippen MR) is 68.1 cm³/mol. The minimum atomic E-state index is -1.04. The molecular weight excluding hydrogens is 246 g/mol. The molecule has 0 amide bonds. The monoisotopic (exact) mass is 263 g/mol. The van der Waals surface area contributed by atoms with Gasteiger partial charge in [-0.25, -0.2) is 14.8 Å². The lowest BCUT2D eigenvalue weighted by atomic mass is 9.94. The molecule has 6 heteroatoms. The summed E-state index contributed by atoms with van der Waals surface area (Å²) in [5.74, 6) is -0.217. The summed E-state index contributed by atoms with van der Waals surface area (Å²) < 4.78 is 5.25. The third kappa shape index (κ3) is 2.16. The SMILES string of the molecule is O=C(O)C1(Nc2ncnc3c2CCCC3)CCOC1. The molecule has 0 saturated carbocycles. The van der Waals surface area contributed by atoms with Crippen LogP contribution in [-0.4, -0.2) is 39.8 Å². The first kappa shape index (κ1) is 12.3. The first-order valence-electron chi connectivity index (χ1n) is 6.63. The molecule has 0 spiro atoms. The van der Waals surface area contributed by atoms with Crippen LogP contribution in [0.25, 0.3) is 0 Å². The maximum Gasteiger partial charge on any atom is 0.331 e. The van der Waals surface area contributed by atoms with Gasteiger partial charge < -0.3 is 15.2 Å². The molecule has 6 nitrogen and oxygen atoms in total. The molecule has 1 unspecified atom stereocenters. The Morgan fingerprint density at radius 1 is 1.37 bits per heavy atom. The molecule has 1 aliphatic carbocycles. The first-order valence-corrected chi connectivity index (χ1v) is 6.63. The molecule has 2 aliphatic rings. The summed E-state index contributed by atoms with van der Waals surface area (Å²) in [6.07, 6.45) is 6.07. The number of aryl methyl sites for hydroxylation is 1. The third-order valence-electron chi connectivity index (χ3n) is 3.91. The maximum absolute atomic E-state index is 11.5. The van der Waals surface area contributed by atoms with Gasteiger partial charge in [0.2, 0.25) is 0 Å². The van der Waals surface area contributed by atoms with Crippen LogP contribution in [0.2, 0.25) is 0 Å². The fraction of sp³-hybridized carbons (Fsp3) is 0.615. The van der Waals surface area contributed by atoms with Gasteiger partial charge in [0.15, 0.2) is 5.54 Å². The third-order valence-corrected chi connectivity index (χ3v) is 3.91. The standard InChI is InChI=1S/C13H17N3O3/c17-12(18)13(5-6-19-7-13)16-11-9-3-1-2-4-10(9)14-8-15-11/h8H,1-7H2,(H,17,18)(H,14,15,16). The van der Waals surface area contributed by atoms with E-state index in [9.17, 15) is 9.90 Å². The number of ether oxygens (including phenoxy) is 1. The Kier molecular flexibility index (Phi) is 3.10. The van der Waals surface area contributed by atoms with Gasteiger partial charge in [0.1, 0.15) is 12.1 Å². The van der Waals surface area contributed by atoms with Gasteiger partial charge in [-0.05, 0) is 25.7 Å². The van der Waals surface area contributed by atoms with E-state index in [0.717, 1.165) is 36.9 Å². The van der Waals surface area contributed by atoms with Crippen molar-refractivity contribution in [2.24, 2.45) is 0 Å². The number of aliphatic carboxylic acids is 1. The van der Waals surface area contributed by atoms with Crippen molar-refractivity contribution in [3.8, 4) is 0 Å². The van der Waals surface area contributed by atoms with Crippen LogP contribution in [0.3, 0.4) is 0 Å². The van der Waals surface area contributed by atoms with Gasteiger partial charge >= 0.3 is 5.97 Å².